The Labute approximate surface area is 127 Å². The van der Waals surface area contributed by atoms with Crippen molar-refractivity contribution >= 4 is 22.5 Å². The molecule has 0 spiro atoms. The first kappa shape index (κ1) is 14.0. The van der Waals surface area contributed by atoms with Crippen LogP contribution in [0, 0.1) is 6.92 Å². The van der Waals surface area contributed by atoms with Gasteiger partial charge in [0.15, 0.2) is 5.78 Å². The minimum absolute atomic E-state index is 0.104. The number of benzene rings is 3. The lowest BCUT2D eigenvalue weighted by atomic mass is 9.94. The summed E-state index contributed by atoms with van der Waals surface area (Å²) in [5, 5.41) is 10.9. The Morgan fingerprint density at radius 3 is 2.00 bits per heavy atom. The maximum atomic E-state index is 12.7. The minimum Gasteiger partial charge on any atom is -0.478 e. The molecule has 0 atom stereocenters. The molecule has 0 saturated heterocycles. The van der Waals surface area contributed by atoms with E-state index in [9.17, 15) is 9.59 Å². The van der Waals surface area contributed by atoms with Crippen molar-refractivity contribution in [3.05, 3.63) is 82.9 Å². The van der Waals surface area contributed by atoms with E-state index < -0.39 is 5.97 Å². The van der Waals surface area contributed by atoms with Crippen molar-refractivity contribution in [3.63, 3.8) is 0 Å². The summed E-state index contributed by atoms with van der Waals surface area (Å²) < 4.78 is 0. The SMILES string of the molecule is Cc1ccc(C(=O)c2ccc(C(=O)O)cc2)c2ccccc12. The number of hydrogen-bond acceptors (Lipinski definition) is 2. The predicted molar refractivity (Wildman–Crippen MR) is 85.5 cm³/mol. The van der Waals surface area contributed by atoms with Crippen molar-refractivity contribution in [2.75, 3.05) is 0 Å². The Morgan fingerprint density at radius 1 is 0.773 bits per heavy atom. The molecular formula is C19H14O3. The summed E-state index contributed by atoms with van der Waals surface area (Å²) in [4.78, 5) is 23.6. The highest BCUT2D eigenvalue weighted by atomic mass is 16.4. The van der Waals surface area contributed by atoms with Gasteiger partial charge in [-0.2, -0.15) is 0 Å². The lowest BCUT2D eigenvalue weighted by Crippen LogP contribution is -2.04. The van der Waals surface area contributed by atoms with Crippen molar-refractivity contribution in [1.29, 1.82) is 0 Å². The number of hydrogen-bond donors (Lipinski definition) is 1. The number of carbonyl (C=O) groups is 2. The molecule has 108 valence electrons. The topological polar surface area (TPSA) is 54.4 Å². The molecule has 0 aliphatic rings. The van der Waals surface area contributed by atoms with Crippen LogP contribution in [0.1, 0.15) is 31.8 Å². The van der Waals surface area contributed by atoms with Crippen LogP contribution in [0.25, 0.3) is 10.8 Å². The highest BCUT2D eigenvalue weighted by molar-refractivity contribution is 6.16. The van der Waals surface area contributed by atoms with E-state index in [1.807, 2.05) is 43.3 Å². The smallest absolute Gasteiger partial charge is 0.335 e. The van der Waals surface area contributed by atoms with Gasteiger partial charge < -0.3 is 5.11 Å². The number of carboxylic acids is 1. The average molecular weight is 290 g/mol. The minimum atomic E-state index is -1.00. The Bertz CT molecular complexity index is 877. The van der Waals surface area contributed by atoms with E-state index in [1.165, 1.54) is 12.1 Å². The van der Waals surface area contributed by atoms with Crippen LogP contribution in [0.15, 0.2) is 60.7 Å². The first-order valence-electron chi connectivity index (χ1n) is 6.94. The third-order valence-electron chi connectivity index (χ3n) is 3.78. The molecule has 3 aromatic rings. The van der Waals surface area contributed by atoms with Gasteiger partial charge in [0.05, 0.1) is 5.56 Å². The normalized spacial score (nSPS) is 10.6. The van der Waals surface area contributed by atoms with Gasteiger partial charge >= 0.3 is 5.97 Å². The number of ketones is 1. The Morgan fingerprint density at radius 2 is 1.36 bits per heavy atom. The van der Waals surface area contributed by atoms with Gasteiger partial charge in [-0.05, 0) is 35.4 Å². The van der Waals surface area contributed by atoms with Crippen molar-refractivity contribution in [1.82, 2.24) is 0 Å². The molecule has 0 aromatic heterocycles. The largest absolute Gasteiger partial charge is 0.478 e. The van der Waals surface area contributed by atoms with Crippen LogP contribution < -0.4 is 0 Å². The van der Waals surface area contributed by atoms with Crippen LogP contribution in [-0.2, 0) is 0 Å². The average Bonchev–Trinajstić information content (AvgIpc) is 2.55. The van der Waals surface area contributed by atoms with E-state index >= 15 is 0 Å². The number of aryl methyl sites for hydroxylation is 1. The van der Waals surface area contributed by atoms with Crippen molar-refractivity contribution in [2.45, 2.75) is 6.92 Å². The summed E-state index contributed by atoms with van der Waals surface area (Å²) in [6, 6.07) is 17.6. The van der Waals surface area contributed by atoms with Gasteiger partial charge in [-0.1, -0.05) is 48.5 Å². The third-order valence-corrected chi connectivity index (χ3v) is 3.78. The number of rotatable bonds is 3. The Balaban J connectivity index is 2.09. The third kappa shape index (κ3) is 2.37. The molecule has 0 aliphatic heterocycles. The van der Waals surface area contributed by atoms with Gasteiger partial charge in [-0.15, -0.1) is 0 Å². The molecular weight excluding hydrogens is 276 g/mol. The molecule has 0 heterocycles. The monoisotopic (exact) mass is 290 g/mol. The summed E-state index contributed by atoms with van der Waals surface area (Å²) in [7, 11) is 0. The standard InChI is InChI=1S/C19H14O3/c1-12-6-11-17(16-5-3-2-4-15(12)16)18(20)13-7-9-14(10-8-13)19(21)22/h2-11H,1H3,(H,21,22). The van der Waals surface area contributed by atoms with Crippen LogP contribution in [0.4, 0.5) is 0 Å². The molecule has 0 bridgehead atoms. The number of carbonyl (C=O) groups excluding carboxylic acids is 1. The van der Waals surface area contributed by atoms with Gasteiger partial charge in [0.1, 0.15) is 0 Å². The number of carboxylic acid groups (broad SMARTS) is 1. The van der Waals surface area contributed by atoms with Crippen LogP contribution in [0.3, 0.4) is 0 Å². The Hall–Kier alpha value is -2.94. The quantitative estimate of drug-likeness (QED) is 0.739. The second kappa shape index (κ2) is 5.45. The van der Waals surface area contributed by atoms with E-state index in [0.29, 0.717) is 11.1 Å². The molecule has 3 heteroatoms. The molecule has 3 rings (SSSR count). The van der Waals surface area contributed by atoms with Crippen LogP contribution >= 0.6 is 0 Å². The van der Waals surface area contributed by atoms with E-state index in [1.54, 1.807) is 12.1 Å². The number of fused-ring (bicyclic) bond motifs is 1. The predicted octanol–water partition coefficient (Wildman–Crippen LogP) is 4.08. The Kier molecular flexibility index (Phi) is 3.47. The highest BCUT2D eigenvalue weighted by Gasteiger charge is 2.14. The van der Waals surface area contributed by atoms with E-state index in [-0.39, 0.29) is 11.3 Å². The van der Waals surface area contributed by atoms with Crippen LogP contribution in [-0.4, -0.2) is 16.9 Å². The molecule has 0 amide bonds. The van der Waals surface area contributed by atoms with Gasteiger partial charge in [0, 0.05) is 11.1 Å². The van der Waals surface area contributed by atoms with Crippen LogP contribution in [0.5, 0.6) is 0 Å². The second-order valence-corrected chi connectivity index (χ2v) is 5.19. The fraction of sp³-hybridized carbons (Fsp3) is 0.0526. The van der Waals surface area contributed by atoms with Crippen LogP contribution in [0.2, 0.25) is 0 Å². The first-order chi connectivity index (χ1) is 10.6. The fourth-order valence-corrected chi connectivity index (χ4v) is 2.57. The fourth-order valence-electron chi connectivity index (χ4n) is 2.57. The van der Waals surface area contributed by atoms with Gasteiger partial charge in [0.25, 0.3) is 0 Å². The lowest BCUT2D eigenvalue weighted by molar-refractivity contribution is 0.0696. The molecule has 0 fully saturated rings. The summed E-state index contributed by atoms with van der Waals surface area (Å²) in [6.07, 6.45) is 0. The van der Waals surface area contributed by atoms with E-state index in [4.69, 9.17) is 5.11 Å². The molecule has 0 radical (unpaired) electrons. The highest BCUT2D eigenvalue weighted by Crippen LogP contribution is 2.24. The van der Waals surface area contributed by atoms with Crippen molar-refractivity contribution < 1.29 is 14.7 Å². The van der Waals surface area contributed by atoms with Crippen molar-refractivity contribution in [2.24, 2.45) is 0 Å². The second-order valence-electron chi connectivity index (χ2n) is 5.19. The molecule has 22 heavy (non-hydrogen) atoms. The molecule has 3 nitrogen and oxygen atoms in total. The maximum absolute atomic E-state index is 12.7. The molecule has 1 N–H and O–H groups in total. The summed E-state index contributed by atoms with van der Waals surface area (Å²) in [6.45, 7) is 2.01. The van der Waals surface area contributed by atoms with Gasteiger partial charge in [-0.25, -0.2) is 4.79 Å². The van der Waals surface area contributed by atoms with E-state index in [0.717, 1.165) is 16.3 Å². The van der Waals surface area contributed by atoms with E-state index in [2.05, 4.69) is 0 Å². The van der Waals surface area contributed by atoms with Crippen molar-refractivity contribution in [3.8, 4) is 0 Å². The van der Waals surface area contributed by atoms with Gasteiger partial charge in [-0.3, -0.25) is 4.79 Å². The molecule has 3 aromatic carbocycles. The maximum Gasteiger partial charge on any atom is 0.335 e. The summed E-state index contributed by atoms with van der Waals surface area (Å²) in [5.41, 5.74) is 2.40. The molecule has 0 unspecified atom stereocenters. The first-order valence-corrected chi connectivity index (χ1v) is 6.94. The zero-order valence-corrected chi connectivity index (χ0v) is 12.0. The molecule has 0 aliphatic carbocycles. The zero-order chi connectivity index (χ0) is 15.7. The molecule has 0 saturated carbocycles. The summed E-state index contributed by atoms with van der Waals surface area (Å²) in [5.74, 6) is -1.10. The van der Waals surface area contributed by atoms with Gasteiger partial charge in [0.2, 0.25) is 0 Å². The summed E-state index contributed by atoms with van der Waals surface area (Å²) >= 11 is 0. The number of aromatic carboxylic acids is 1. The lowest BCUT2D eigenvalue weighted by Gasteiger charge is -2.08. The zero-order valence-electron chi connectivity index (χ0n) is 12.0.